The first-order chi connectivity index (χ1) is 10.2. The van der Waals surface area contributed by atoms with Crippen LogP contribution in [-0.2, 0) is 11.2 Å². The number of benzene rings is 1. The average molecular weight is 287 g/mol. The largest absolute Gasteiger partial charge is 0.467 e. The van der Waals surface area contributed by atoms with Crippen molar-refractivity contribution in [2.75, 3.05) is 6.79 Å². The molecular weight excluding hydrogens is 270 g/mol. The van der Waals surface area contributed by atoms with Gasteiger partial charge in [0.1, 0.15) is 5.76 Å². The van der Waals surface area contributed by atoms with Crippen molar-refractivity contribution in [2.45, 2.75) is 25.8 Å². The van der Waals surface area contributed by atoms with Crippen LogP contribution in [-0.4, -0.2) is 12.7 Å². The van der Waals surface area contributed by atoms with Crippen LogP contribution in [0.15, 0.2) is 41.0 Å². The smallest absolute Gasteiger partial charge is 0.231 e. The molecule has 1 N–H and O–H groups in total. The Labute approximate surface area is 122 Å². The lowest BCUT2D eigenvalue weighted by Crippen LogP contribution is -2.26. The molecule has 2 aromatic rings. The van der Waals surface area contributed by atoms with Gasteiger partial charge in [-0.25, -0.2) is 0 Å². The van der Waals surface area contributed by atoms with Crippen LogP contribution < -0.4 is 14.8 Å². The number of fused-ring (bicyclic) bond motifs is 1. The molecule has 0 saturated heterocycles. The van der Waals surface area contributed by atoms with Crippen LogP contribution >= 0.6 is 0 Å². The van der Waals surface area contributed by atoms with Crippen LogP contribution in [0.2, 0.25) is 0 Å². The molecule has 21 heavy (non-hydrogen) atoms. The minimum atomic E-state index is -0.121. The third kappa shape index (κ3) is 3.18. The van der Waals surface area contributed by atoms with Crippen LogP contribution in [0.3, 0.4) is 0 Å². The topological polar surface area (TPSA) is 60.7 Å². The lowest BCUT2D eigenvalue weighted by molar-refractivity contribution is -0.121. The van der Waals surface area contributed by atoms with E-state index in [1.54, 1.807) is 6.26 Å². The molecule has 0 saturated carbocycles. The van der Waals surface area contributed by atoms with E-state index in [9.17, 15) is 4.79 Å². The predicted octanol–water partition coefficient (Wildman–Crippen LogP) is 2.82. The fourth-order valence-corrected chi connectivity index (χ4v) is 2.28. The second-order valence-electron chi connectivity index (χ2n) is 4.99. The van der Waals surface area contributed by atoms with E-state index in [1.165, 1.54) is 0 Å². The highest BCUT2D eigenvalue weighted by molar-refractivity contribution is 5.76. The minimum absolute atomic E-state index is 0.00318. The van der Waals surface area contributed by atoms with Crippen molar-refractivity contribution in [3.05, 3.63) is 47.9 Å². The van der Waals surface area contributed by atoms with E-state index >= 15 is 0 Å². The zero-order chi connectivity index (χ0) is 14.7. The summed E-state index contributed by atoms with van der Waals surface area (Å²) in [6.45, 7) is 2.16. The second kappa shape index (κ2) is 5.91. The van der Waals surface area contributed by atoms with Gasteiger partial charge in [-0.2, -0.15) is 0 Å². The fraction of sp³-hybridized carbons (Fsp3) is 0.312. The Morgan fingerprint density at radius 2 is 2.14 bits per heavy atom. The molecule has 0 spiro atoms. The first kappa shape index (κ1) is 13.5. The molecule has 1 atom stereocenters. The summed E-state index contributed by atoms with van der Waals surface area (Å²) in [6, 6.07) is 9.29. The van der Waals surface area contributed by atoms with E-state index in [4.69, 9.17) is 13.9 Å². The van der Waals surface area contributed by atoms with E-state index in [-0.39, 0.29) is 18.7 Å². The number of amides is 1. The molecule has 3 rings (SSSR count). The summed E-state index contributed by atoms with van der Waals surface area (Å²) in [4.78, 5) is 11.9. The highest BCUT2D eigenvalue weighted by Gasteiger charge is 2.15. The van der Waals surface area contributed by atoms with Gasteiger partial charge in [-0.3, -0.25) is 4.79 Å². The fourth-order valence-electron chi connectivity index (χ4n) is 2.28. The second-order valence-corrected chi connectivity index (χ2v) is 4.99. The van der Waals surface area contributed by atoms with Crippen molar-refractivity contribution < 1.29 is 18.7 Å². The Morgan fingerprint density at radius 1 is 1.29 bits per heavy atom. The van der Waals surface area contributed by atoms with Gasteiger partial charge >= 0.3 is 0 Å². The van der Waals surface area contributed by atoms with E-state index in [0.29, 0.717) is 12.8 Å². The van der Waals surface area contributed by atoms with Gasteiger partial charge in [0, 0.05) is 6.42 Å². The summed E-state index contributed by atoms with van der Waals surface area (Å²) in [7, 11) is 0. The van der Waals surface area contributed by atoms with Crippen molar-refractivity contribution >= 4 is 5.91 Å². The molecular formula is C16H17NO4. The zero-order valence-corrected chi connectivity index (χ0v) is 11.8. The van der Waals surface area contributed by atoms with Gasteiger partial charge in [-0.05, 0) is 43.2 Å². The normalized spacial score (nSPS) is 14.0. The van der Waals surface area contributed by atoms with Crippen molar-refractivity contribution in [1.82, 2.24) is 5.32 Å². The third-order valence-corrected chi connectivity index (χ3v) is 3.43. The third-order valence-electron chi connectivity index (χ3n) is 3.43. The van der Waals surface area contributed by atoms with Gasteiger partial charge in [0.05, 0.1) is 12.3 Å². The number of ether oxygens (including phenoxy) is 2. The Kier molecular flexibility index (Phi) is 3.81. The van der Waals surface area contributed by atoms with Gasteiger partial charge in [-0.1, -0.05) is 6.07 Å². The number of rotatable bonds is 5. The highest BCUT2D eigenvalue weighted by Crippen LogP contribution is 2.32. The van der Waals surface area contributed by atoms with E-state index in [2.05, 4.69) is 5.32 Å². The molecule has 0 radical (unpaired) electrons. The summed E-state index contributed by atoms with van der Waals surface area (Å²) in [5.41, 5.74) is 1.06. The van der Waals surface area contributed by atoms with Gasteiger partial charge in [-0.15, -0.1) is 0 Å². The van der Waals surface area contributed by atoms with Crippen LogP contribution in [0.5, 0.6) is 11.5 Å². The molecule has 0 bridgehead atoms. The lowest BCUT2D eigenvalue weighted by Gasteiger charge is -2.11. The van der Waals surface area contributed by atoms with Gasteiger partial charge in [0.15, 0.2) is 11.5 Å². The molecule has 1 aliphatic heterocycles. The molecule has 1 aromatic heterocycles. The summed E-state index contributed by atoms with van der Waals surface area (Å²) < 4.78 is 15.8. The zero-order valence-electron chi connectivity index (χ0n) is 11.8. The molecule has 5 heteroatoms. The van der Waals surface area contributed by atoms with Crippen molar-refractivity contribution in [1.29, 1.82) is 0 Å². The van der Waals surface area contributed by atoms with Gasteiger partial charge in [0.25, 0.3) is 0 Å². The van der Waals surface area contributed by atoms with Crippen LogP contribution in [0.1, 0.15) is 30.7 Å². The van der Waals surface area contributed by atoms with E-state index in [1.807, 2.05) is 37.3 Å². The van der Waals surface area contributed by atoms with E-state index < -0.39 is 0 Å². The van der Waals surface area contributed by atoms with Gasteiger partial charge < -0.3 is 19.2 Å². The van der Waals surface area contributed by atoms with Crippen LogP contribution in [0.25, 0.3) is 0 Å². The molecule has 110 valence electrons. The van der Waals surface area contributed by atoms with Gasteiger partial charge in [0.2, 0.25) is 12.7 Å². The maximum atomic E-state index is 11.9. The molecule has 1 amide bonds. The number of carbonyl (C=O) groups is 1. The Hall–Kier alpha value is -2.43. The number of hydrogen-bond acceptors (Lipinski definition) is 4. The SMILES string of the molecule is C[C@@H](NC(=O)CCc1ccc2c(c1)OCO2)c1ccco1. The Balaban J connectivity index is 1.52. The van der Waals surface area contributed by atoms with Crippen LogP contribution in [0, 0.1) is 0 Å². The Bertz CT molecular complexity index is 621. The summed E-state index contributed by atoms with van der Waals surface area (Å²) >= 11 is 0. The first-order valence-electron chi connectivity index (χ1n) is 6.93. The standard InChI is InChI=1S/C16H17NO4/c1-11(13-3-2-8-19-13)17-16(18)7-5-12-4-6-14-15(9-12)21-10-20-14/h2-4,6,8-9,11H,5,7,10H2,1H3,(H,17,18)/t11-/m1/s1. The van der Waals surface area contributed by atoms with Crippen molar-refractivity contribution in [3.8, 4) is 11.5 Å². The summed E-state index contributed by atoms with van der Waals surface area (Å²) in [6.07, 6.45) is 2.68. The number of furan rings is 1. The molecule has 5 nitrogen and oxygen atoms in total. The first-order valence-corrected chi connectivity index (χ1v) is 6.93. The number of aryl methyl sites for hydroxylation is 1. The average Bonchev–Trinajstić information content (AvgIpc) is 3.15. The highest BCUT2D eigenvalue weighted by atomic mass is 16.7. The Morgan fingerprint density at radius 3 is 2.95 bits per heavy atom. The quantitative estimate of drug-likeness (QED) is 0.918. The molecule has 2 heterocycles. The molecule has 0 fully saturated rings. The molecule has 0 aliphatic carbocycles. The summed E-state index contributed by atoms with van der Waals surface area (Å²) in [5, 5.41) is 2.92. The monoisotopic (exact) mass is 287 g/mol. The van der Waals surface area contributed by atoms with Crippen molar-refractivity contribution in [2.24, 2.45) is 0 Å². The maximum Gasteiger partial charge on any atom is 0.231 e. The van der Waals surface area contributed by atoms with Crippen molar-refractivity contribution in [3.63, 3.8) is 0 Å². The number of carbonyl (C=O) groups excluding carboxylic acids is 1. The van der Waals surface area contributed by atoms with Crippen LogP contribution in [0.4, 0.5) is 0 Å². The summed E-state index contributed by atoms with van der Waals surface area (Å²) in [5.74, 6) is 2.26. The molecule has 1 aliphatic rings. The number of nitrogens with one attached hydrogen (secondary N) is 1. The predicted molar refractivity (Wildman–Crippen MR) is 76.2 cm³/mol. The number of hydrogen-bond donors (Lipinski definition) is 1. The molecule has 0 unspecified atom stereocenters. The lowest BCUT2D eigenvalue weighted by atomic mass is 10.1. The maximum absolute atomic E-state index is 11.9. The van der Waals surface area contributed by atoms with E-state index in [0.717, 1.165) is 22.8 Å². The molecule has 1 aromatic carbocycles. The minimum Gasteiger partial charge on any atom is -0.467 e.